The Kier molecular flexibility index (Phi) is 4.34. The number of carbonyl (C=O) groups is 1. The summed E-state index contributed by atoms with van der Waals surface area (Å²) in [6.45, 7) is 0. The lowest BCUT2D eigenvalue weighted by molar-refractivity contribution is -0.141. The van der Waals surface area contributed by atoms with Gasteiger partial charge in [-0.15, -0.1) is 11.3 Å². The van der Waals surface area contributed by atoms with Crippen molar-refractivity contribution in [1.82, 2.24) is 19.7 Å². The molecule has 0 saturated carbocycles. The number of amides is 1. The highest BCUT2D eigenvalue weighted by molar-refractivity contribution is 7.13. The average Bonchev–Trinajstić information content (AvgIpc) is 3.31. The van der Waals surface area contributed by atoms with Crippen LogP contribution in [0.25, 0.3) is 21.5 Å². The van der Waals surface area contributed by atoms with Crippen molar-refractivity contribution in [2.45, 2.75) is 6.18 Å². The van der Waals surface area contributed by atoms with Crippen LogP contribution in [-0.4, -0.2) is 25.7 Å². The Morgan fingerprint density at radius 2 is 2.00 bits per heavy atom. The molecule has 0 atom stereocenters. The molecule has 142 valence electrons. The predicted octanol–water partition coefficient (Wildman–Crippen LogP) is 4.36. The summed E-state index contributed by atoms with van der Waals surface area (Å²) in [5.41, 5.74) is 0.667. The number of pyridine rings is 1. The maximum Gasteiger partial charge on any atom is 0.435 e. The van der Waals surface area contributed by atoms with Gasteiger partial charge in [-0.1, -0.05) is 6.07 Å². The number of anilines is 1. The van der Waals surface area contributed by atoms with Crippen LogP contribution in [0, 0.1) is 0 Å². The van der Waals surface area contributed by atoms with Gasteiger partial charge in [0.15, 0.2) is 5.69 Å². The number of carbonyl (C=O) groups excluding carboxylic acids is 1. The van der Waals surface area contributed by atoms with Gasteiger partial charge in [-0.2, -0.15) is 18.3 Å². The maximum absolute atomic E-state index is 12.8. The molecular weight excluding hydrogens is 391 g/mol. The van der Waals surface area contributed by atoms with E-state index < -0.39 is 17.8 Å². The number of benzene rings is 1. The molecule has 4 aromatic rings. The van der Waals surface area contributed by atoms with Crippen molar-refractivity contribution in [3.63, 3.8) is 0 Å². The van der Waals surface area contributed by atoms with Gasteiger partial charge in [0.25, 0.3) is 5.91 Å². The summed E-state index contributed by atoms with van der Waals surface area (Å²) in [5.74, 6) is -0.603. The third-order valence-corrected chi connectivity index (χ3v) is 4.86. The molecule has 0 saturated heterocycles. The van der Waals surface area contributed by atoms with E-state index in [1.807, 2.05) is 11.4 Å². The minimum absolute atomic E-state index is 0.0514. The van der Waals surface area contributed by atoms with Crippen LogP contribution in [0.3, 0.4) is 0 Å². The summed E-state index contributed by atoms with van der Waals surface area (Å²) in [7, 11) is 1.33. The van der Waals surface area contributed by atoms with E-state index in [4.69, 9.17) is 0 Å². The van der Waals surface area contributed by atoms with Gasteiger partial charge in [-0.05, 0) is 18.2 Å². The zero-order valence-corrected chi connectivity index (χ0v) is 15.2. The Hall–Kier alpha value is -3.27. The lowest BCUT2D eigenvalue weighted by Gasteiger charge is -2.06. The summed E-state index contributed by atoms with van der Waals surface area (Å²) >= 11 is 1.50. The van der Waals surface area contributed by atoms with Crippen LogP contribution in [-0.2, 0) is 13.2 Å². The highest BCUT2D eigenvalue weighted by Gasteiger charge is 2.34. The first kappa shape index (κ1) is 18.1. The summed E-state index contributed by atoms with van der Waals surface area (Å²) in [6.07, 6.45) is -1.21. The van der Waals surface area contributed by atoms with Crippen molar-refractivity contribution in [2.24, 2.45) is 7.05 Å². The third kappa shape index (κ3) is 3.46. The summed E-state index contributed by atoms with van der Waals surface area (Å²) in [5, 5.41) is 9.35. The Labute approximate surface area is 160 Å². The summed E-state index contributed by atoms with van der Waals surface area (Å²) < 4.78 is 39.2. The van der Waals surface area contributed by atoms with E-state index in [0.717, 1.165) is 26.7 Å². The number of alkyl halides is 3. The molecule has 0 aliphatic carbocycles. The molecule has 4 rings (SSSR count). The molecule has 1 amide bonds. The lowest BCUT2D eigenvalue weighted by atomic mass is 10.1. The van der Waals surface area contributed by atoms with E-state index >= 15 is 0 Å². The van der Waals surface area contributed by atoms with E-state index in [9.17, 15) is 18.0 Å². The number of hydrogen-bond donors (Lipinski definition) is 1. The van der Waals surface area contributed by atoms with Gasteiger partial charge in [0.1, 0.15) is 10.8 Å². The zero-order valence-electron chi connectivity index (χ0n) is 14.4. The van der Waals surface area contributed by atoms with Crippen molar-refractivity contribution in [1.29, 1.82) is 0 Å². The number of halogens is 3. The van der Waals surface area contributed by atoms with Crippen LogP contribution < -0.4 is 5.32 Å². The molecule has 10 heteroatoms. The van der Waals surface area contributed by atoms with Gasteiger partial charge in [0.05, 0.1) is 5.52 Å². The molecule has 0 unspecified atom stereocenters. The van der Waals surface area contributed by atoms with E-state index in [0.29, 0.717) is 5.52 Å². The second-order valence-electron chi connectivity index (χ2n) is 5.96. The molecule has 0 spiro atoms. The number of nitrogens with one attached hydrogen (secondary N) is 1. The van der Waals surface area contributed by atoms with E-state index in [1.54, 1.807) is 30.6 Å². The predicted molar refractivity (Wildman–Crippen MR) is 99.0 cm³/mol. The van der Waals surface area contributed by atoms with Crippen LogP contribution in [0.5, 0.6) is 0 Å². The molecule has 28 heavy (non-hydrogen) atoms. The molecule has 0 fully saturated rings. The van der Waals surface area contributed by atoms with E-state index in [1.165, 1.54) is 18.4 Å². The molecule has 0 radical (unpaired) electrons. The standard InChI is InChI=1S/C18H12F3N5OS/c1-26-15(8-14(25-26)18(19,20)21)24-16(27)11-3-2-10-6-12(9-23-13(10)7-11)17-22-4-5-28-17/h2-9H,1H3,(H,24,27). The van der Waals surface area contributed by atoms with E-state index in [2.05, 4.69) is 20.4 Å². The lowest BCUT2D eigenvalue weighted by Crippen LogP contribution is -2.14. The van der Waals surface area contributed by atoms with Gasteiger partial charge >= 0.3 is 6.18 Å². The number of rotatable bonds is 3. The molecule has 1 aromatic carbocycles. The first-order valence-electron chi connectivity index (χ1n) is 8.03. The molecule has 0 bridgehead atoms. The Morgan fingerprint density at radius 3 is 2.68 bits per heavy atom. The van der Waals surface area contributed by atoms with Gasteiger partial charge in [-0.25, -0.2) is 4.98 Å². The number of thiazole rings is 1. The Bertz CT molecular complexity index is 1170. The third-order valence-electron chi connectivity index (χ3n) is 4.04. The molecule has 3 heterocycles. The van der Waals surface area contributed by atoms with Crippen LogP contribution in [0.1, 0.15) is 16.1 Å². The molecule has 6 nitrogen and oxygen atoms in total. The first-order chi connectivity index (χ1) is 13.3. The largest absolute Gasteiger partial charge is 0.435 e. The maximum atomic E-state index is 12.8. The highest BCUT2D eigenvalue weighted by Crippen LogP contribution is 2.30. The van der Waals surface area contributed by atoms with Gasteiger partial charge in [0.2, 0.25) is 0 Å². The monoisotopic (exact) mass is 403 g/mol. The Balaban J connectivity index is 1.60. The first-order valence-corrected chi connectivity index (χ1v) is 8.91. The SMILES string of the molecule is Cn1nc(C(F)(F)F)cc1NC(=O)c1ccc2cc(-c3nccs3)cnc2c1. The van der Waals surface area contributed by atoms with Crippen LogP contribution >= 0.6 is 11.3 Å². The van der Waals surface area contributed by atoms with Crippen LogP contribution in [0.4, 0.5) is 19.0 Å². The average molecular weight is 403 g/mol. The summed E-state index contributed by atoms with van der Waals surface area (Å²) in [4.78, 5) is 21.1. The van der Waals surface area contributed by atoms with Crippen LogP contribution in [0.15, 0.2) is 48.1 Å². The summed E-state index contributed by atoms with van der Waals surface area (Å²) in [6, 6.07) is 7.61. The van der Waals surface area contributed by atoms with Crippen molar-refractivity contribution in [3.05, 3.63) is 59.4 Å². The van der Waals surface area contributed by atoms with Gasteiger partial charge in [-0.3, -0.25) is 14.5 Å². The fourth-order valence-corrected chi connectivity index (χ4v) is 3.28. The fraction of sp³-hybridized carbons (Fsp3) is 0.111. The molecule has 0 aliphatic rings. The minimum atomic E-state index is -4.58. The van der Waals surface area contributed by atoms with Crippen molar-refractivity contribution < 1.29 is 18.0 Å². The van der Waals surface area contributed by atoms with Crippen LogP contribution in [0.2, 0.25) is 0 Å². The topological polar surface area (TPSA) is 72.7 Å². The van der Waals surface area contributed by atoms with Crippen molar-refractivity contribution in [2.75, 3.05) is 5.32 Å². The minimum Gasteiger partial charge on any atom is -0.307 e. The van der Waals surface area contributed by atoms with Gasteiger partial charge < -0.3 is 5.32 Å². The second kappa shape index (κ2) is 6.71. The number of aryl methyl sites for hydroxylation is 1. The number of fused-ring (bicyclic) bond motifs is 1. The number of nitrogens with zero attached hydrogens (tertiary/aromatic N) is 4. The second-order valence-corrected chi connectivity index (χ2v) is 6.85. The molecule has 3 aromatic heterocycles. The van der Waals surface area contributed by atoms with E-state index in [-0.39, 0.29) is 11.4 Å². The molecule has 0 aliphatic heterocycles. The van der Waals surface area contributed by atoms with Gasteiger partial charge in [0, 0.05) is 47.4 Å². The normalized spacial score (nSPS) is 11.7. The highest BCUT2D eigenvalue weighted by atomic mass is 32.1. The zero-order chi connectivity index (χ0) is 19.9. The van der Waals surface area contributed by atoms with Crippen molar-refractivity contribution in [3.8, 4) is 10.6 Å². The quantitative estimate of drug-likeness (QED) is 0.552. The fourth-order valence-electron chi connectivity index (χ4n) is 2.66. The molecule has 1 N–H and O–H groups in total. The number of hydrogen-bond acceptors (Lipinski definition) is 5. The van der Waals surface area contributed by atoms with Crippen molar-refractivity contribution >= 4 is 34.0 Å². The number of aromatic nitrogens is 4. The Morgan fingerprint density at radius 1 is 1.18 bits per heavy atom. The molecular formula is C18H12F3N5OS. The smallest absolute Gasteiger partial charge is 0.307 e.